The van der Waals surface area contributed by atoms with Gasteiger partial charge in [-0.2, -0.15) is 0 Å². The topological polar surface area (TPSA) is 72.3 Å². The highest BCUT2D eigenvalue weighted by Crippen LogP contribution is 2.21. The molecule has 0 spiro atoms. The van der Waals surface area contributed by atoms with Gasteiger partial charge >= 0.3 is 0 Å². The first kappa shape index (κ1) is 10.2. The number of aryl methyl sites for hydroxylation is 1. The molecule has 0 fully saturated rings. The maximum atomic E-state index is 9.06. The van der Waals surface area contributed by atoms with Crippen LogP contribution in [0.3, 0.4) is 0 Å². The zero-order valence-electron chi connectivity index (χ0n) is 7.49. The molecule has 13 heavy (non-hydrogen) atoms. The van der Waals surface area contributed by atoms with E-state index in [0.717, 1.165) is 11.1 Å². The minimum Gasteiger partial charge on any atom is -0.399 e. The summed E-state index contributed by atoms with van der Waals surface area (Å²) in [6.07, 6.45) is 0.416. The van der Waals surface area contributed by atoms with E-state index >= 15 is 0 Å². The number of hydrogen-bond donors (Lipinski definition) is 4. The van der Waals surface area contributed by atoms with Gasteiger partial charge in [0, 0.05) is 17.8 Å². The van der Waals surface area contributed by atoms with Crippen LogP contribution in [0.1, 0.15) is 11.1 Å². The Labute approximate surface area is 83.2 Å². The molecule has 0 heterocycles. The number of benzene rings is 1. The molecule has 1 aromatic carbocycles. The third kappa shape index (κ3) is 2.54. The van der Waals surface area contributed by atoms with Crippen LogP contribution in [0.5, 0.6) is 0 Å². The van der Waals surface area contributed by atoms with E-state index in [-0.39, 0.29) is 0 Å². The number of nitrogens with two attached hydrogens (primary N) is 2. The molecule has 72 valence electrons. The van der Waals surface area contributed by atoms with E-state index in [0.29, 0.717) is 17.8 Å². The summed E-state index contributed by atoms with van der Waals surface area (Å²) < 4.78 is 0. The Morgan fingerprint density at radius 1 is 1.38 bits per heavy atom. The van der Waals surface area contributed by atoms with E-state index in [2.05, 4.69) is 12.6 Å². The van der Waals surface area contributed by atoms with Crippen molar-refractivity contribution >= 4 is 24.0 Å². The largest absolute Gasteiger partial charge is 0.399 e. The van der Waals surface area contributed by atoms with Gasteiger partial charge in [0.05, 0.1) is 0 Å². The first-order chi connectivity index (χ1) is 6.00. The SMILES string of the molecule is Cc1cc(N)c(CC(O)S)cc1N. The molecule has 0 aliphatic carbocycles. The molecular weight excluding hydrogens is 184 g/mol. The Bertz CT molecular complexity index is 313. The smallest absolute Gasteiger partial charge is 0.101 e. The number of hydrogen-bond acceptors (Lipinski definition) is 4. The first-order valence-corrected chi connectivity index (χ1v) is 4.53. The molecule has 0 saturated carbocycles. The predicted molar refractivity (Wildman–Crippen MR) is 58.7 cm³/mol. The Balaban J connectivity index is 3.01. The van der Waals surface area contributed by atoms with Gasteiger partial charge < -0.3 is 16.6 Å². The van der Waals surface area contributed by atoms with Gasteiger partial charge in [0.2, 0.25) is 0 Å². The maximum absolute atomic E-state index is 9.06. The van der Waals surface area contributed by atoms with E-state index < -0.39 is 5.44 Å². The van der Waals surface area contributed by atoms with Gasteiger partial charge in [-0.1, -0.05) is 0 Å². The van der Waals surface area contributed by atoms with Crippen LogP contribution in [-0.2, 0) is 6.42 Å². The summed E-state index contributed by atoms with van der Waals surface area (Å²) in [5.41, 5.74) is 13.9. The third-order valence-corrected chi connectivity index (χ3v) is 2.11. The standard InChI is InChI=1S/C9H14N2OS/c1-5-2-8(11)6(3-7(5)10)4-9(12)13/h2-3,9,12-13H,4,10-11H2,1H3. The van der Waals surface area contributed by atoms with Crippen molar-refractivity contribution in [3.8, 4) is 0 Å². The molecule has 0 aromatic heterocycles. The Morgan fingerprint density at radius 3 is 2.54 bits per heavy atom. The Kier molecular flexibility index (Phi) is 3.06. The zero-order valence-corrected chi connectivity index (χ0v) is 8.38. The minimum absolute atomic E-state index is 0.416. The molecule has 0 saturated heterocycles. The fourth-order valence-electron chi connectivity index (χ4n) is 1.17. The van der Waals surface area contributed by atoms with Crippen LogP contribution in [0.25, 0.3) is 0 Å². The lowest BCUT2D eigenvalue weighted by atomic mass is 10.1. The predicted octanol–water partition coefficient (Wildman–Crippen LogP) is 0.950. The van der Waals surface area contributed by atoms with Crippen molar-refractivity contribution in [1.29, 1.82) is 0 Å². The molecule has 1 atom stereocenters. The number of anilines is 2. The van der Waals surface area contributed by atoms with Gasteiger partial charge in [-0.05, 0) is 30.2 Å². The van der Waals surface area contributed by atoms with Crippen molar-refractivity contribution in [3.05, 3.63) is 23.3 Å². The lowest BCUT2D eigenvalue weighted by molar-refractivity contribution is 0.266. The summed E-state index contributed by atoms with van der Waals surface area (Å²) in [6, 6.07) is 3.59. The molecule has 4 heteroatoms. The highest BCUT2D eigenvalue weighted by molar-refractivity contribution is 7.80. The van der Waals surface area contributed by atoms with Gasteiger partial charge in [-0.3, -0.25) is 0 Å². The van der Waals surface area contributed by atoms with Crippen LogP contribution in [0.15, 0.2) is 12.1 Å². The minimum atomic E-state index is -0.690. The second-order valence-electron chi connectivity index (χ2n) is 3.09. The highest BCUT2D eigenvalue weighted by Gasteiger charge is 2.06. The van der Waals surface area contributed by atoms with Crippen molar-refractivity contribution in [1.82, 2.24) is 0 Å². The highest BCUT2D eigenvalue weighted by atomic mass is 32.1. The van der Waals surface area contributed by atoms with Gasteiger partial charge in [0.15, 0.2) is 0 Å². The van der Waals surface area contributed by atoms with Crippen LogP contribution in [0.2, 0.25) is 0 Å². The second-order valence-corrected chi connectivity index (χ2v) is 3.69. The van der Waals surface area contributed by atoms with Crippen LogP contribution in [0.4, 0.5) is 11.4 Å². The maximum Gasteiger partial charge on any atom is 0.101 e. The van der Waals surface area contributed by atoms with Gasteiger partial charge in [0.1, 0.15) is 5.44 Å². The number of rotatable bonds is 2. The molecule has 0 radical (unpaired) electrons. The van der Waals surface area contributed by atoms with Gasteiger partial charge in [-0.15, -0.1) is 12.6 Å². The average Bonchev–Trinajstić information content (AvgIpc) is 1.99. The van der Waals surface area contributed by atoms with E-state index in [9.17, 15) is 0 Å². The third-order valence-electron chi connectivity index (χ3n) is 1.93. The summed E-state index contributed by atoms with van der Waals surface area (Å²) in [5.74, 6) is 0. The number of aliphatic hydroxyl groups excluding tert-OH is 1. The Morgan fingerprint density at radius 2 is 2.00 bits per heavy atom. The monoisotopic (exact) mass is 198 g/mol. The fraction of sp³-hybridized carbons (Fsp3) is 0.333. The molecule has 0 amide bonds. The van der Waals surface area contributed by atoms with Crippen molar-refractivity contribution in [3.63, 3.8) is 0 Å². The first-order valence-electron chi connectivity index (χ1n) is 4.01. The normalized spacial score (nSPS) is 12.8. The number of thiol groups is 1. The second kappa shape index (κ2) is 3.89. The van der Waals surface area contributed by atoms with Crippen LogP contribution >= 0.6 is 12.6 Å². The summed E-state index contributed by atoms with van der Waals surface area (Å²) >= 11 is 3.88. The average molecular weight is 198 g/mol. The van der Waals surface area contributed by atoms with E-state index in [1.54, 1.807) is 12.1 Å². The van der Waals surface area contributed by atoms with Gasteiger partial charge in [-0.25, -0.2) is 0 Å². The molecule has 1 rings (SSSR count). The van der Waals surface area contributed by atoms with E-state index in [1.165, 1.54) is 0 Å². The van der Waals surface area contributed by atoms with E-state index in [1.807, 2.05) is 6.92 Å². The lowest BCUT2D eigenvalue weighted by Gasteiger charge is -2.10. The molecule has 5 N–H and O–H groups in total. The molecule has 1 unspecified atom stereocenters. The number of nitrogen functional groups attached to an aromatic ring is 2. The van der Waals surface area contributed by atoms with Crippen molar-refractivity contribution in [2.75, 3.05) is 11.5 Å². The summed E-state index contributed by atoms with van der Waals surface area (Å²) in [4.78, 5) is 0. The van der Waals surface area contributed by atoms with Crippen LogP contribution in [0, 0.1) is 6.92 Å². The van der Waals surface area contributed by atoms with Crippen molar-refractivity contribution in [2.24, 2.45) is 0 Å². The Hall–Kier alpha value is -0.870. The number of aliphatic hydroxyl groups is 1. The lowest BCUT2D eigenvalue weighted by Crippen LogP contribution is -2.06. The van der Waals surface area contributed by atoms with Crippen LogP contribution in [-0.4, -0.2) is 10.5 Å². The zero-order chi connectivity index (χ0) is 10.0. The van der Waals surface area contributed by atoms with E-state index in [4.69, 9.17) is 16.6 Å². The van der Waals surface area contributed by atoms with Crippen molar-refractivity contribution < 1.29 is 5.11 Å². The quantitative estimate of drug-likeness (QED) is 0.325. The van der Waals surface area contributed by atoms with Crippen LogP contribution < -0.4 is 11.5 Å². The fourth-order valence-corrected chi connectivity index (χ4v) is 1.36. The van der Waals surface area contributed by atoms with Crippen molar-refractivity contribution in [2.45, 2.75) is 18.8 Å². The summed E-state index contributed by atoms with van der Waals surface area (Å²) in [5, 5.41) is 9.06. The molecule has 1 aromatic rings. The van der Waals surface area contributed by atoms with Gasteiger partial charge in [0.25, 0.3) is 0 Å². The molecule has 0 aliphatic heterocycles. The molecule has 0 aliphatic rings. The molecule has 0 bridgehead atoms. The summed E-state index contributed by atoms with van der Waals surface area (Å²) in [6.45, 7) is 1.90. The molecular formula is C9H14N2OS. The summed E-state index contributed by atoms with van der Waals surface area (Å²) in [7, 11) is 0. The molecule has 3 nitrogen and oxygen atoms in total.